The standard InChI is InChI=1S/C20H36B18N2O4/c21-31-35(37(27)28)19(33(23)24)3-5-39-7-15-41-11-1-12-42-16-8-40(10-18-44-14-2-13-43-17-9-39)6-4-20(34(25)26)36(32-22)38(29)30/h1-18H2/q-2. The second-order valence-electron chi connectivity index (χ2n) is 11.1. The van der Waals surface area contributed by atoms with Gasteiger partial charge < -0.3 is 40.2 Å². The Labute approximate surface area is 287 Å². The van der Waals surface area contributed by atoms with E-state index in [0.29, 0.717) is 78.8 Å². The maximum Gasteiger partial charge on any atom is 0.0593 e. The van der Waals surface area contributed by atoms with E-state index in [1.165, 1.54) is 14.1 Å². The lowest BCUT2D eigenvalue weighted by Gasteiger charge is -2.46. The van der Waals surface area contributed by atoms with E-state index in [4.69, 9.17) is 96.3 Å². The van der Waals surface area contributed by atoms with Crippen LogP contribution in [0.15, 0.2) is 0 Å². The molecular formula is C20H36B18N2O4-2. The molecule has 44 heavy (non-hydrogen) atoms. The Balaban J connectivity index is 2.62. The van der Waals surface area contributed by atoms with Crippen molar-refractivity contribution in [3.8, 4) is 0 Å². The first-order chi connectivity index (χ1) is 21.1. The molecule has 0 amide bonds. The van der Waals surface area contributed by atoms with E-state index >= 15 is 0 Å². The molecule has 0 spiro atoms. The number of rotatable bonds is 14. The molecule has 1 fully saturated rings. The lowest BCUT2D eigenvalue weighted by molar-refractivity contribution is 0.0379. The molecule has 1 aliphatic rings. The Morgan fingerprint density at radius 1 is 0.500 bits per heavy atom. The van der Waals surface area contributed by atoms with Crippen LogP contribution in [0.25, 0.3) is 0 Å². The molecule has 0 aliphatic carbocycles. The topological polar surface area (TPSA) is 43.4 Å². The maximum atomic E-state index is 6.02. The minimum Gasteiger partial charge on any atom is -0.384 e. The van der Waals surface area contributed by atoms with Crippen molar-refractivity contribution in [2.24, 2.45) is 0 Å². The molecule has 0 aromatic rings. The van der Waals surface area contributed by atoms with Crippen molar-refractivity contribution >= 4 is 130 Å². The van der Waals surface area contributed by atoms with Gasteiger partial charge >= 0.3 is 0 Å². The molecule has 22 radical (unpaired) electrons. The molecule has 0 saturated carbocycles. The Morgan fingerprint density at radius 3 is 1.02 bits per heavy atom. The molecule has 0 bridgehead atoms. The fraction of sp³-hybridized carbons (Fsp3) is 0.900. The molecule has 6 nitrogen and oxygen atoms in total. The van der Waals surface area contributed by atoms with Crippen molar-refractivity contribution in [1.29, 1.82) is 0 Å². The molecule has 1 heterocycles. The average Bonchev–Trinajstić information content (AvgIpc) is 2.96. The minimum absolute atomic E-state index is 0.361. The van der Waals surface area contributed by atoms with Gasteiger partial charge in [0.1, 0.15) is 0 Å². The summed E-state index contributed by atoms with van der Waals surface area (Å²) in [5, 5.41) is 0. The van der Waals surface area contributed by atoms with Gasteiger partial charge in [0.05, 0.1) is 26.4 Å². The highest BCUT2D eigenvalue weighted by atomic mass is 16.5. The number of nitrogens with zero attached hydrogens (tertiary/aromatic N) is 2. The van der Waals surface area contributed by atoms with Gasteiger partial charge in [-0.2, -0.15) is 12.8 Å². The zero-order valence-electron chi connectivity index (χ0n) is 26.6. The molecular weight excluding hydrogens is 527 g/mol. The van der Waals surface area contributed by atoms with Crippen LogP contribution in [0, 0.1) is 11.4 Å². The van der Waals surface area contributed by atoms with Crippen molar-refractivity contribution in [1.82, 2.24) is 9.80 Å². The van der Waals surface area contributed by atoms with E-state index in [0.717, 1.165) is 50.5 Å². The average molecular weight is 563 g/mol. The van der Waals surface area contributed by atoms with Crippen LogP contribution in [-0.4, -0.2) is 232 Å². The fourth-order valence-electron chi connectivity index (χ4n) is 5.06. The Bertz CT molecular complexity index is 608. The number of ether oxygens (including phenoxy) is 4. The summed E-state index contributed by atoms with van der Waals surface area (Å²) < 4.78 is 23.6. The van der Waals surface area contributed by atoms with Crippen LogP contribution in [0.1, 0.15) is 25.7 Å². The molecule has 1 rings (SSSR count). The second-order valence-corrected chi connectivity index (χ2v) is 11.1. The van der Waals surface area contributed by atoms with E-state index in [1.807, 2.05) is 0 Å². The molecule has 206 valence electrons. The molecule has 0 N–H and O–H groups in total. The summed E-state index contributed by atoms with van der Waals surface area (Å²) in [6.45, 7) is 6.95. The smallest absolute Gasteiger partial charge is 0.0593 e. The first kappa shape index (κ1) is 43.0. The van der Waals surface area contributed by atoms with Gasteiger partial charge in [-0.05, 0) is 130 Å². The van der Waals surface area contributed by atoms with Crippen LogP contribution in [0.3, 0.4) is 0 Å². The quantitative estimate of drug-likeness (QED) is 0.156. The minimum atomic E-state index is -0.667. The van der Waals surface area contributed by atoms with Crippen molar-refractivity contribution in [3.05, 3.63) is 11.4 Å². The van der Waals surface area contributed by atoms with Gasteiger partial charge in [-0.1, -0.05) is 0 Å². The van der Waals surface area contributed by atoms with Gasteiger partial charge in [0.15, 0.2) is 0 Å². The molecule has 0 aromatic heterocycles. The predicted octanol–water partition coefficient (Wildman–Crippen LogP) is -5.45. The summed E-state index contributed by atoms with van der Waals surface area (Å²) in [5.74, 6) is 0. The zero-order chi connectivity index (χ0) is 32.7. The van der Waals surface area contributed by atoms with Crippen molar-refractivity contribution < 1.29 is 18.9 Å². The lowest BCUT2D eigenvalue weighted by Crippen LogP contribution is -2.54. The van der Waals surface area contributed by atoms with E-state index in [1.54, 1.807) is 0 Å². The molecule has 24 heteroatoms. The monoisotopic (exact) mass is 566 g/mol. The molecule has 1 saturated heterocycles. The van der Waals surface area contributed by atoms with Crippen LogP contribution in [-0.2, 0) is 18.9 Å². The highest BCUT2D eigenvalue weighted by Gasteiger charge is 2.18. The Morgan fingerprint density at radius 2 is 0.795 bits per heavy atom. The molecule has 0 atom stereocenters. The largest absolute Gasteiger partial charge is 0.384 e. The van der Waals surface area contributed by atoms with Gasteiger partial charge in [0.2, 0.25) is 0 Å². The normalized spacial score (nSPS) is 17.9. The van der Waals surface area contributed by atoms with Crippen LogP contribution >= 0.6 is 0 Å². The van der Waals surface area contributed by atoms with E-state index < -0.39 is 25.8 Å². The first-order valence-electron chi connectivity index (χ1n) is 15.7. The lowest BCUT2D eigenvalue weighted by atomic mass is 8.76. The van der Waals surface area contributed by atoms with Gasteiger partial charge in [0.25, 0.3) is 0 Å². The molecule has 1 aliphatic heterocycles. The predicted molar refractivity (Wildman–Crippen MR) is 205 cm³/mol. The first-order valence-corrected chi connectivity index (χ1v) is 15.7. The maximum absolute atomic E-state index is 6.02. The summed E-state index contributed by atoms with van der Waals surface area (Å²) in [4.78, 5) is 4.51. The summed E-state index contributed by atoms with van der Waals surface area (Å²) in [6.07, 6.45) is 1.48. The van der Waals surface area contributed by atoms with Crippen LogP contribution in [0.2, 0.25) is 0 Å². The molecule has 0 unspecified atom stereocenters. The SMILES string of the molecule is [B][B]B(B([B])[B])[C-](CCN1CCOCCCOCCN(CC[C-](B([B])[B])B([B][B])B([B])[B])CCOCCCOCC1)B([B])[B]. The van der Waals surface area contributed by atoms with Gasteiger partial charge in [-0.3, -0.25) is 0 Å². The Hall–Kier alpha value is 0.929. The summed E-state index contributed by atoms with van der Waals surface area (Å²) >= 11 is 0. The van der Waals surface area contributed by atoms with Crippen LogP contribution in [0.5, 0.6) is 0 Å². The zero-order valence-corrected chi connectivity index (χ0v) is 26.6. The van der Waals surface area contributed by atoms with Gasteiger partial charge in [0, 0.05) is 52.6 Å². The fourth-order valence-corrected chi connectivity index (χ4v) is 5.06. The van der Waals surface area contributed by atoms with Crippen LogP contribution in [0.4, 0.5) is 0 Å². The van der Waals surface area contributed by atoms with Gasteiger partial charge in [-0.25, -0.2) is 0 Å². The number of hydrogen-bond donors (Lipinski definition) is 0. The highest BCUT2D eigenvalue weighted by Crippen LogP contribution is 2.14. The number of hydrogen-bond acceptors (Lipinski definition) is 6. The van der Waals surface area contributed by atoms with Gasteiger partial charge in [-0.15, -0.1) is 26.0 Å². The third-order valence-electron chi connectivity index (χ3n) is 7.75. The Kier molecular flexibility index (Phi) is 26.2. The summed E-state index contributed by atoms with van der Waals surface area (Å²) in [7, 11) is 62.2. The van der Waals surface area contributed by atoms with Crippen molar-refractivity contribution in [3.63, 3.8) is 0 Å². The van der Waals surface area contributed by atoms with Crippen LogP contribution < -0.4 is 0 Å². The highest BCUT2D eigenvalue weighted by molar-refractivity contribution is 7.76. The van der Waals surface area contributed by atoms with Crippen molar-refractivity contribution in [2.75, 3.05) is 92.1 Å². The van der Waals surface area contributed by atoms with E-state index in [-0.39, 0.29) is 13.0 Å². The third kappa shape index (κ3) is 19.1. The van der Waals surface area contributed by atoms with Crippen molar-refractivity contribution in [2.45, 2.75) is 25.7 Å². The summed E-state index contributed by atoms with van der Waals surface area (Å²) in [6, 6.07) is 0. The second kappa shape index (κ2) is 26.8. The third-order valence-corrected chi connectivity index (χ3v) is 7.75. The summed E-state index contributed by atoms with van der Waals surface area (Å²) in [5.41, 5.74) is 1.64. The molecule has 0 aromatic carbocycles. The van der Waals surface area contributed by atoms with E-state index in [9.17, 15) is 0 Å². The van der Waals surface area contributed by atoms with E-state index in [2.05, 4.69) is 9.80 Å².